The van der Waals surface area contributed by atoms with Crippen LogP contribution in [-0.2, 0) is 30.7 Å². The summed E-state index contributed by atoms with van der Waals surface area (Å²) in [5.74, 6) is 0.526. The molecular weight excluding hydrogens is 708 g/mol. The summed E-state index contributed by atoms with van der Waals surface area (Å²) in [5, 5.41) is 14.7. The zero-order chi connectivity index (χ0) is 30.7. The van der Waals surface area contributed by atoms with Gasteiger partial charge in [-0.25, -0.2) is 13.2 Å². The van der Waals surface area contributed by atoms with Gasteiger partial charge in [0.1, 0.15) is 11.9 Å². The second kappa shape index (κ2) is 14.1. The van der Waals surface area contributed by atoms with Gasteiger partial charge in [-0.05, 0) is 58.5 Å². The van der Waals surface area contributed by atoms with Gasteiger partial charge in [0.05, 0.1) is 36.2 Å². The first kappa shape index (κ1) is 32.6. The van der Waals surface area contributed by atoms with Gasteiger partial charge >= 0.3 is 6.09 Å². The van der Waals surface area contributed by atoms with Crippen molar-refractivity contribution in [1.82, 2.24) is 9.62 Å². The second-order valence-corrected chi connectivity index (χ2v) is 15.1. The summed E-state index contributed by atoms with van der Waals surface area (Å²) in [4.78, 5) is 13.2. The SMILES string of the molecule is CC(C)CN(C[C@@H](O)[C@H](Cc1ccccc1)NC(=O)OC1CO[C@H]2OCC[C@@H]12)S(=O)(=O)c1ccc2c(c1)C(CBr)C(Br)O2. The van der Waals surface area contributed by atoms with Crippen molar-refractivity contribution >= 4 is 48.0 Å². The lowest BCUT2D eigenvalue weighted by Gasteiger charge is -2.31. The van der Waals surface area contributed by atoms with Gasteiger partial charge < -0.3 is 29.4 Å². The standard InChI is InChI=1S/C30H38Br2N2O8S/c1-18(2)15-34(43(37,38)20-8-9-26-22(13-20)23(14-31)28(32)41-26)16-25(35)24(12-19-6-4-3-5-7-19)33-30(36)42-27-17-40-29-21(27)10-11-39-29/h3-9,13,18,21,23-25,27-29,35H,10-12,14-17H2,1-2H3,(H,33,36)/t21-,23?,24-,25+,27?,28?,29+/m0/s1. The van der Waals surface area contributed by atoms with Gasteiger partial charge in [-0.3, -0.25) is 0 Å². The number of halogens is 2. The van der Waals surface area contributed by atoms with E-state index in [2.05, 4.69) is 37.2 Å². The first-order valence-corrected chi connectivity index (χ1v) is 18.0. The Morgan fingerprint density at radius 1 is 1.16 bits per heavy atom. The molecule has 43 heavy (non-hydrogen) atoms. The summed E-state index contributed by atoms with van der Waals surface area (Å²) in [7, 11) is -4.01. The fourth-order valence-electron chi connectivity index (χ4n) is 5.77. The molecule has 0 bridgehead atoms. The Balaban J connectivity index is 1.35. The van der Waals surface area contributed by atoms with Crippen molar-refractivity contribution in [3.63, 3.8) is 0 Å². The molecule has 236 valence electrons. The van der Waals surface area contributed by atoms with E-state index in [1.165, 1.54) is 10.4 Å². The topological polar surface area (TPSA) is 124 Å². The minimum Gasteiger partial charge on any atom is -0.478 e. The third-order valence-corrected chi connectivity index (χ3v) is 11.4. The van der Waals surface area contributed by atoms with Gasteiger partial charge in [0.25, 0.3) is 0 Å². The zero-order valence-corrected chi connectivity index (χ0v) is 28.1. The predicted molar refractivity (Wildman–Crippen MR) is 167 cm³/mol. The fraction of sp³-hybridized carbons (Fsp3) is 0.567. The number of nitrogens with one attached hydrogen (secondary N) is 1. The van der Waals surface area contributed by atoms with Crippen LogP contribution in [0.4, 0.5) is 4.79 Å². The molecule has 3 unspecified atom stereocenters. The Morgan fingerprint density at radius 3 is 2.65 bits per heavy atom. The van der Waals surface area contributed by atoms with E-state index in [0.29, 0.717) is 17.7 Å². The molecule has 0 aliphatic carbocycles. The molecule has 13 heteroatoms. The number of amides is 1. The van der Waals surface area contributed by atoms with Crippen LogP contribution in [0.5, 0.6) is 5.75 Å². The van der Waals surface area contributed by atoms with E-state index in [1.807, 2.05) is 44.2 Å². The third kappa shape index (κ3) is 7.57. The first-order valence-electron chi connectivity index (χ1n) is 14.5. The molecule has 2 N–H and O–H groups in total. The lowest BCUT2D eigenvalue weighted by Crippen LogP contribution is -2.51. The zero-order valence-electron chi connectivity index (χ0n) is 24.1. The molecule has 2 aromatic carbocycles. The number of aliphatic hydroxyl groups excluding tert-OH is 1. The number of ether oxygens (including phenoxy) is 4. The highest BCUT2D eigenvalue weighted by Gasteiger charge is 2.44. The number of hydrogen-bond donors (Lipinski definition) is 2. The third-order valence-electron chi connectivity index (χ3n) is 8.01. The molecule has 0 spiro atoms. The summed E-state index contributed by atoms with van der Waals surface area (Å²) in [6.45, 7) is 4.59. The quantitative estimate of drug-likeness (QED) is 0.307. The molecule has 2 fully saturated rings. The molecule has 0 saturated carbocycles. The molecule has 5 rings (SSSR count). The number of nitrogens with zero attached hydrogens (tertiary/aromatic N) is 1. The van der Waals surface area contributed by atoms with Gasteiger partial charge in [-0.15, -0.1) is 0 Å². The van der Waals surface area contributed by atoms with Crippen molar-refractivity contribution in [3.05, 3.63) is 59.7 Å². The lowest BCUT2D eigenvalue weighted by molar-refractivity contribution is -0.0907. The number of aliphatic hydroxyl groups is 1. The average molecular weight is 747 g/mol. The van der Waals surface area contributed by atoms with Crippen LogP contribution in [0.3, 0.4) is 0 Å². The monoisotopic (exact) mass is 744 g/mol. The van der Waals surface area contributed by atoms with Gasteiger partial charge in [0, 0.05) is 29.9 Å². The Kier molecular flexibility index (Phi) is 10.7. The number of sulfonamides is 1. The fourth-order valence-corrected chi connectivity index (χ4v) is 9.29. The molecule has 3 aliphatic rings. The number of rotatable bonds is 12. The highest BCUT2D eigenvalue weighted by molar-refractivity contribution is 9.10. The Bertz CT molecular complexity index is 1370. The number of alkyl carbamates (subject to hydrolysis) is 1. The minimum absolute atomic E-state index is 0.0172. The summed E-state index contributed by atoms with van der Waals surface area (Å²) in [6.07, 6.45) is -1.73. The summed E-state index contributed by atoms with van der Waals surface area (Å²) >= 11 is 7.01. The Hall–Kier alpha value is -1.74. The molecule has 7 atom stereocenters. The van der Waals surface area contributed by atoms with Crippen LogP contribution in [-0.4, -0.2) is 85.1 Å². The van der Waals surface area contributed by atoms with Crippen molar-refractivity contribution in [2.45, 2.75) is 67.1 Å². The van der Waals surface area contributed by atoms with Crippen molar-refractivity contribution in [1.29, 1.82) is 0 Å². The smallest absolute Gasteiger partial charge is 0.407 e. The van der Waals surface area contributed by atoms with Crippen LogP contribution in [0.25, 0.3) is 0 Å². The van der Waals surface area contributed by atoms with Crippen LogP contribution in [0.15, 0.2) is 53.4 Å². The van der Waals surface area contributed by atoms with Crippen LogP contribution >= 0.6 is 31.9 Å². The van der Waals surface area contributed by atoms with E-state index in [0.717, 1.165) is 17.5 Å². The van der Waals surface area contributed by atoms with Crippen LogP contribution < -0.4 is 10.1 Å². The average Bonchev–Trinajstić information content (AvgIpc) is 3.67. The van der Waals surface area contributed by atoms with Gasteiger partial charge in [-0.2, -0.15) is 4.31 Å². The largest absolute Gasteiger partial charge is 0.478 e. The first-order chi connectivity index (χ1) is 20.6. The van der Waals surface area contributed by atoms with E-state index in [9.17, 15) is 18.3 Å². The lowest BCUT2D eigenvalue weighted by atomic mass is 10.0. The summed E-state index contributed by atoms with van der Waals surface area (Å²) in [6, 6.07) is 13.5. The number of alkyl halides is 2. The van der Waals surface area contributed by atoms with E-state index in [-0.39, 0.29) is 60.1 Å². The summed E-state index contributed by atoms with van der Waals surface area (Å²) in [5.41, 5.74) is 1.67. The normalized spacial score (nSPS) is 26.2. The molecule has 2 aromatic rings. The van der Waals surface area contributed by atoms with Gasteiger partial charge in [0.15, 0.2) is 11.3 Å². The molecule has 0 radical (unpaired) electrons. The number of fused-ring (bicyclic) bond motifs is 2. The Morgan fingerprint density at radius 2 is 1.93 bits per heavy atom. The van der Waals surface area contributed by atoms with E-state index >= 15 is 0 Å². The maximum atomic E-state index is 14.0. The molecule has 3 aliphatic heterocycles. The van der Waals surface area contributed by atoms with E-state index in [1.54, 1.807) is 12.1 Å². The maximum absolute atomic E-state index is 14.0. The van der Waals surface area contributed by atoms with Gasteiger partial charge in [-0.1, -0.05) is 60.1 Å². The van der Waals surface area contributed by atoms with Crippen LogP contribution in [0.2, 0.25) is 0 Å². The van der Waals surface area contributed by atoms with Crippen molar-refractivity contribution < 1.29 is 37.3 Å². The minimum atomic E-state index is -4.01. The molecule has 0 aromatic heterocycles. The number of hydrogen-bond acceptors (Lipinski definition) is 8. The second-order valence-electron chi connectivity index (χ2n) is 11.6. The van der Waals surface area contributed by atoms with E-state index < -0.39 is 34.4 Å². The highest BCUT2D eigenvalue weighted by Crippen LogP contribution is 2.43. The molecule has 3 heterocycles. The van der Waals surface area contributed by atoms with Crippen LogP contribution in [0, 0.1) is 11.8 Å². The molecular formula is C30H38Br2N2O8S. The Labute approximate surface area is 269 Å². The molecule has 10 nitrogen and oxygen atoms in total. The van der Waals surface area contributed by atoms with Crippen LogP contribution in [0.1, 0.15) is 37.3 Å². The number of benzene rings is 2. The van der Waals surface area contributed by atoms with Gasteiger partial charge in [0.2, 0.25) is 10.0 Å². The summed E-state index contributed by atoms with van der Waals surface area (Å²) < 4.78 is 52.0. The maximum Gasteiger partial charge on any atom is 0.407 e. The van der Waals surface area contributed by atoms with Crippen molar-refractivity contribution in [3.8, 4) is 5.75 Å². The van der Waals surface area contributed by atoms with E-state index in [4.69, 9.17) is 18.9 Å². The number of carbonyl (C=O) groups is 1. The van der Waals surface area contributed by atoms with Crippen molar-refractivity contribution in [2.75, 3.05) is 31.6 Å². The molecule has 2 saturated heterocycles. The highest BCUT2D eigenvalue weighted by atomic mass is 79.9. The predicted octanol–water partition coefficient (Wildman–Crippen LogP) is 4.39. The van der Waals surface area contributed by atoms with Crippen molar-refractivity contribution in [2.24, 2.45) is 11.8 Å². The number of carbonyl (C=O) groups excluding carboxylic acids is 1. The molecule has 1 amide bonds.